The predicted octanol–water partition coefficient (Wildman–Crippen LogP) is 2.11. The van der Waals surface area contributed by atoms with Gasteiger partial charge in [-0.15, -0.1) is 0 Å². The molecule has 1 atom stereocenters. The molecule has 2 N–H and O–H groups in total. The lowest BCUT2D eigenvalue weighted by molar-refractivity contribution is -0.127. The Morgan fingerprint density at radius 2 is 1.77 bits per heavy atom. The smallest absolute Gasteiger partial charge is 0.252 e. The molecule has 2 aromatic rings. The third-order valence-electron chi connectivity index (χ3n) is 2.95. The summed E-state index contributed by atoms with van der Waals surface area (Å²) >= 11 is 0. The Bertz CT molecular complexity index is 722. The SMILES string of the molecule is Cc1cccnc1NC(=O)[C@H](C#N)C(=O)Nc1ccccc1. The van der Waals surface area contributed by atoms with Crippen LogP contribution in [0.3, 0.4) is 0 Å². The van der Waals surface area contributed by atoms with E-state index in [-0.39, 0.29) is 0 Å². The molecule has 1 aromatic carbocycles. The van der Waals surface area contributed by atoms with Crippen LogP contribution < -0.4 is 10.6 Å². The van der Waals surface area contributed by atoms with Crippen LogP contribution in [0.1, 0.15) is 5.56 Å². The minimum absolute atomic E-state index is 0.334. The van der Waals surface area contributed by atoms with Crippen molar-refractivity contribution in [1.29, 1.82) is 5.26 Å². The molecule has 1 aromatic heterocycles. The van der Waals surface area contributed by atoms with Gasteiger partial charge in [0.05, 0.1) is 6.07 Å². The maximum absolute atomic E-state index is 12.1. The van der Waals surface area contributed by atoms with E-state index in [1.807, 2.05) is 0 Å². The summed E-state index contributed by atoms with van der Waals surface area (Å²) in [7, 11) is 0. The molecule has 0 saturated carbocycles. The van der Waals surface area contributed by atoms with Crippen molar-refractivity contribution in [1.82, 2.24) is 4.98 Å². The van der Waals surface area contributed by atoms with Crippen molar-refractivity contribution >= 4 is 23.3 Å². The Hall–Kier alpha value is -3.20. The molecular weight excluding hydrogens is 280 g/mol. The minimum atomic E-state index is -1.46. The van der Waals surface area contributed by atoms with Crippen molar-refractivity contribution in [2.24, 2.45) is 5.92 Å². The molecule has 110 valence electrons. The number of hydrogen-bond acceptors (Lipinski definition) is 4. The first-order valence-corrected chi connectivity index (χ1v) is 6.60. The first-order chi connectivity index (χ1) is 10.6. The summed E-state index contributed by atoms with van der Waals surface area (Å²) in [5.41, 5.74) is 1.27. The third kappa shape index (κ3) is 3.67. The lowest BCUT2D eigenvalue weighted by Gasteiger charge is -2.11. The Labute approximate surface area is 127 Å². The number of carbonyl (C=O) groups excluding carboxylic acids is 2. The summed E-state index contributed by atoms with van der Waals surface area (Å²) in [6.07, 6.45) is 1.52. The van der Waals surface area contributed by atoms with Crippen LogP contribution >= 0.6 is 0 Å². The van der Waals surface area contributed by atoms with Crippen molar-refractivity contribution in [3.8, 4) is 6.07 Å². The molecule has 0 aliphatic rings. The van der Waals surface area contributed by atoms with Gasteiger partial charge in [0, 0.05) is 11.9 Å². The van der Waals surface area contributed by atoms with Crippen LogP contribution in [0.5, 0.6) is 0 Å². The van der Waals surface area contributed by atoms with Gasteiger partial charge in [-0.1, -0.05) is 24.3 Å². The Morgan fingerprint density at radius 1 is 1.09 bits per heavy atom. The van der Waals surface area contributed by atoms with E-state index in [0.717, 1.165) is 5.56 Å². The van der Waals surface area contributed by atoms with E-state index in [1.165, 1.54) is 6.20 Å². The number of pyridine rings is 1. The van der Waals surface area contributed by atoms with Crippen LogP contribution in [-0.4, -0.2) is 16.8 Å². The quantitative estimate of drug-likeness (QED) is 0.844. The highest BCUT2D eigenvalue weighted by Gasteiger charge is 2.27. The number of aryl methyl sites for hydroxylation is 1. The molecule has 1 heterocycles. The Morgan fingerprint density at radius 3 is 2.41 bits per heavy atom. The van der Waals surface area contributed by atoms with Crippen LogP contribution in [0, 0.1) is 24.2 Å². The maximum atomic E-state index is 12.1. The standard InChI is InChI=1S/C16H14N4O2/c1-11-6-5-9-18-14(11)20-16(22)13(10-17)15(21)19-12-7-3-2-4-8-12/h2-9,13H,1H3,(H,19,21)(H,18,20,22)/t13-/m1/s1. The lowest BCUT2D eigenvalue weighted by atomic mass is 10.1. The number of rotatable bonds is 4. The largest absolute Gasteiger partial charge is 0.324 e. The molecular formula is C16H14N4O2. The zero-order valence-electron chi connectivity index (χ0n) is 11.9. The number of hydrogen-bond donors (Lipinski definition) is 2. The van der Waals surface area contributed by atoms with E-state index < -0.39 is 17.7 Å². The van der Waals surface area contributed by atoms with Crippen molar-refractivity contribution in [3.63, 3.8) is 0 Å². The predicted molar refractivity (Wildman–Crippen MR) is 81.8 cm³/mol. The maximum Gasteiger partial charge on any atom is 0.252 e. The Balaban J connectivity index is 2.08. The second-order valence-electron chi connectivity index (χ2n) is 4.58. The molecule has 0 fully saturated rings. The molecule has 0 spiro atoms. The molecule has 6 nitrogen and oxygen atoms in total. The fraction of sp³-hybridized carbons (Fsp3) is 0.125. The summed E-state index contributed by atoms with van der Waals surface area (Å²) in [4.78, 5) is 28.1. The van der Waals surface area contributed by atoms with Crippen LogP contribution in [0.25, 0.3) is 0 Å². The topological polar surface area (TPSA) is 94.9 Å². The van der Waals surface area contributed by atoms with E-state index in [2.05, 4.69) is 15.6 Å². The van der Waals surface area contributed by atoms with Crippen molar-refractivity contribution < 1.29 is 9.59 Å². The molecule has 0 aliphatic heterocycles. The third-order valence-corrected chi connectivity index (χ3v) is 2.95. The normalized spacial score (nSPS) is 11.1. The number of nitrogens with zero attached hydrogens (tertiary/aromatic N) is 2. The number of carbonyl (C=O) groups is 2. The molecule has 0 saturated heterocycles. The van der Waals surface area contributed by atoms with E-state index in [1.54, 1.807) is 55.5 Å². The van der Waals surface area contributed by atoms with Crippen LogP contribution in [-0.2, 0) is 9.59 Å². The summed E-state index contributed by atoms with van der Waals surface area (Å²) in [6, 6.07) is 13.8. The second-order valence-corrected chi connectivity index (χ2v) is 4.58. The number of para-hydroxylation sites is 1. The number of anilines is 2. The summed E-state index contributed by atoms with van der Waals surface area (Å²) in [5.74, 6) is -2.51. The van der Waals surface area contributed by atoms with Gasteiger partial charge in [-0.2, -0.15) is 5.26 Å². The monoisotopic (exact) mass is 294 g/mol. The molecule has 0 unspecified atom stereocenters. The van der Waals surface area contributed by atoms with E-state index in [4.69, 9.17) is 5.26 Å². The van der Waals surface area contributed by atoms with E-state index in [9.17, 15) is 9.59 Å². The van der Waals surface area contributed by atoms with E-state index in [0.29, 0.717) is 11.5 Å². The zero-order valence-corrected chi connectivity index (χ0v) is 11.9. The van der Waals surface area contributed by atoms with Gasteiger partial charge in [-0.25, -0.2) is 4.98 Å². The van der Waals surface area contributed by atoms with Gasteiger partial charge in [-0.05, 0) is 30.7 Å². The summed E-state index contributed by atoms with van der Waals surface area (Å²) in [6.45, 7) is 1.77. The fourth-order valence-electron chi connectivity index (χ4n) is 1.78. The number of aromatic nitrogens is 1. The molecule has 2 amide bonds. The fourth-order valence-corrected chi connectivity index (χ4v) is 1.78. The molecule has 0 bridgehead atoms. The molecule has 6 heteroatoms. The van der Waals surface area contributed by atoms with E-state index >= 15 is 0 Å². The average Bonchev–Trinajstić information content (AvgIpc) is 2.51. The van der Waals surface area contributed by atoms with Crippen LogP contribution in [0.15, 0.2) is 48.7 Å². The average molecular weight is 294 g/mol. The van der Waals surface area contributed by atoms with Gasteiger partial charge in [0.15, 0.2) is 0 Å². The number of amides is 2. The highest BCUT2D eigenvalue weighted by molar-refractivity contribution is 6.12. The molecule has 2 rings (SSSR count). The van der Waals surface area contributed by atoms with Gasteiger partial charge in [0.2, 0.25) is 5.92 Å². The van der Waals surface area contributed by atoms with Gasteiger partial charge in [-0.3, -0.25) is 9.59 Å². The number of nitrogens with one attached hydrogen (secondary N) is 2. The van der Waals surface area contributed by atoms with Gasteiger partial charge in [0.1, 0.15) is 5.82 Å². The second kappa shape index (κ2) is 6.99. The van der Waals surface area contributed by atoms with Crippen LogP contribution in [0.2, 0.25) is 0 Å². The first-order valence-electron chi connectivity index (χ1n) is 6.60. The van der Waals surface area contributed by atoms with Gasteiger partial charge < -0.3 is 10.6 Å². The number of nitriles is 1. The van der Waals surface area contributed by atoms with Crippen molar-refractivity contribution in [2.45, 2.75) is 6.92 Å². The lowest BCUT2D eigenvalue weighted by Crippen LogP contribution is -2.33. The van der Waals surface area contributed by atoms with Gasteiger partial charge in [0.25, 0.3) is 11.8 Å². The van der Waals surface area contributed by atoms with Crippen LogP contribution in [0.4, 0.5) is 11.5 Å². The summed E-state index contributed by atoms with van der Waals surface area (Å²) < 4.78 is 0. The first kappa shape index (κ1) is 15.2. The van der Waals surface area contributed by atoms with Crippen molar-refractivity contribution in [3.05, 3.63) is 54.2 Å². The molecule has 22 heavy (non-hydrogen) atoms. The minimum Gasteiger partial charge on any atom is -0.324 e. The van der Waals surface area contributed by atoms with Crippen molar-refractivity contribution in [2.75, 3.05) is 10.6 Å². The number of benzene rings is 1. The molecule has 0 aliphatic carbocycles. The zero-order chi connectivity index (χ0) is 15.9. The highest BCUT2D eigenvalue weighted by Crippen LogP contribution is 2.12. The summed E-state index contributed by atoms with van der Waals surface area (Å²) in [5, 5.41) is 14.1. The highest BCUT2D eigenvalue weighted by atomic mass is 16.2. The molecule has 0 radical (unpaired) electrons. The Kier molecular flexibility index (Phi) is 4.83. The van der Waals surface area contributed by atoms with Gasteiger partial charge >= 0.3 is 0 Å².